The van der Waals surface area contributed by atoms with Gasteiger partial charge in [-0.1, -0.05) is 12.1 Å². The molecule has 0 bridgehead atoms. The number of methoxy groups -OCH3 is 1. The highest BCUT2D eigenvalue weighted by Crippen LogP contribution is 2.11. The molecule has 2 N–H and O–H groups in total. The lowest BCUT2D eigenvalue weighted by Gasteiger charge is -2.11. The largest absolute Gasteiger partial charge is 0.497 e. The van der Waals surface area contributed by atoms with Gasteiger partial charge in [-0.2, -0.15) is 0 Å². The van der Waals surface area contributed by atoms with Crippen molar-refractivity contribution in [1.29, 1.82) is 0 Å². The van der Waals surface area contributed by atoms with Crippen molar-refractivity contribution in [2.24, 2.45) is 4.99 Å². The fraction of sp³-hybridized carbons (Fsp3) is 0.250. The number of ether oxygens (including phenoxy) is 1. The van der Waals surface area contributed by atoms with Gasteiger partial charge in [-0.05, 0) is 42.0 Å². The molecule has 0 aliphatic heterocycles. The molecule has 2 aromatic heterocycles. The van der Waals surface area contributed by atoms with Crippen LogP contribution in [0.1, 0.15) is 17.1 Å². The Morgan fingerprint density at radius 1 is 0.963 bits per heavy atom. The van der Waals surface area contributed by atoms with Gasteiger partial charge in [0.25, 0.3) is 0 Å². The average molecular weight is 481 g/mol. The van der Waals surface area contributed by atoms with E-state index in [1.54, 1.807) is 19.6 Å². The summed E-state index contributed by atoms with van der Waals surface area (Å²) in [5, 5.41) is 6.61. The molecule has 1 aromatic carbocycles. The lowest BCUT2D eigenvalue weighted by molar-refractivity contribution is 0.414. The first-order chi connectivity index (χ1) is 12.8. The Balaban J connectivity index is 0.00000261. The summed E-state index contributed by atoms with van der Waals surface area (Å²) in [7, 11) is 1.66. The van der Waals surface area contributed by atoms with E-state index in [4.69, 9.17) is 13.6 Å². The second-order valence-electron chi connectivity index (χ2n) is 5.70. The van der Waals surface area contributed by atoms with Crippen LogP contribution < -0.4 is 15.4 Å². The fourth-order valence-corrected chi connectivity index (χ4v) is 2.42. The van der Waals surface area contributed by atoms with Crippen LogP contribution >= 0.6 is 24.0 Å². The Labute approximate surface area is 176 Å². The quantitative estimate of drug-likeness (QED) is 0.290. The number of aliphatic imine (C=N–C) groups is 1. The van der Waals surface area contributed by atoms with E-state index in [-0.39, 0.29) is 24.0 Å². The Morgan fingerprint density at radius 3 is 2.30 bits per heavy atom. The van der Waals surface area contributed by atoms with Crippen molar-refractivity contribution < 1.29 is 13.6 Å². The van der Waals surface area contributed by atoms with Gasteiger partial charge in [0.05, 0.1) is 32.7 Å². The van der Waals surface area contributed by atoms with E-state index in [9.17, 15) is 0 Å². The Bertz CT molecular complexity index is 785. The number of halogens is 1. The molecule has 0 atom stereocenters. The van der Waals surface area contributed by atoms with E-state index in [2.05, 4.69) is 15.6 Å². The number of furan rings is 2. The Morgan fingerprint density at radius 2 is 1.67 bits per heavy atom. The molecule has 0 fully saturated rings. The highest BCUT2D eigenvalue weighted by Gasteiger charge is 2.03. The second-order valence-corrected chi connectivity index (χ2v) is 5.70. The first-order valence-corrected chi connectivity index (χ1v) is 8.53. The van der Waals surface area contributed by atoms with E-state index in [1.807, 2.05) is 48.5 Å². The molecular weight excluding hydrogens is 457 g/mol. The molecule has 144 valence electrons. The van der Waals surface area contributed by atoms with Crippen molar-refractivity contribution in [1.82, 2.24) is 10.6 Å². The number of hydrogen-bond donors (Lipinski definition) is 2. The van der Waals surface area contributed by atoms with Gasteiger partial charge in [0.15, 0.2) is 5.96 Å². The molecular formula is C20H24IN3O3. The minimum Gasteiger partial charge on any atom is -0.497 e. The topological polar surface area (TPSA) is 71.9 Å². The zero-order valence-electron chi connectivity index (χ0n) is 15.2. The summed E-state index contributed by atoms with van der Waals surface area (Å²) in [6.45, 7) is 1.86. The lowest BCUT2D eigenvalue weighted by atomic mass is 10.2. The molecule has 0 radical (unpaired) electrons. The van der Waals surface area contributed by atoms with Crippen LogP contribution in [0.4, 0.5) is 0 Å². The molecule has 0 aliphatic carbocycles. The number of guanidine groups is 1. The smallest absolute Gasteiger partial charge is 0.191 e. The average Bonchev–Trinajstić information content (AvgIpc) is 3.38. The van der Waals surface area contributed by atoms with E-state index < -0.39 is 0 Å². The summed E-state index contributed by atoms with van der Waals surface area (Å²) in [6, 6.07) is 15.5. The molecule has 3 rings (SSSR count). The Hall–Kier alpha value is -2.42. The maximum absolute atomic E-state index is 5.36. The van der Waals surface area contributed by atoms with Crippen molar-refractivity contribution in [2.75, 3.05) is 13.7 Å². The number of hydrogen-bond acceptors (Lipinski definition) is 4. The van der Waals surface area contributed by atoms with Gasteiger partial charge in [-0.3, -0.25) is 0 Å². The van der Waals surface area contributed by atoms with Crippen molar-refractivity contribution in [3.8, 4) is 5.75 Å². The molecule has 2 heterocycles. The predicted octanol–water partition coefficient (Wildman–Crippen LogP) is 3.98. The van der Waals surface area contributed by atoms with Gasteiger partial charge in [0.1, 0.15) is 17.3 Å². The van der Waals surface area contributed by atoms with E-state index in [0.29, 0.717) is 13.1 Å². The van der Waals surface area contributed by atoms with E-state index >= 15 is 0 Å². The monoisotopic (exact) mass is 481 g/mol. The van der Waals surface area contributed by atoms with Gasteiger partial charge in [-0.25, -0.2) is 4.99 Å². The molecule has 0 unspecified atom stereocenters. The van der Waals surface area contributed by atoms with Crippen LogP contribution in [0.3, 0.4) is 0 Å². The van der Waals surface area contributed by atoms with Crippen molar-refractivity contribution in [2.45, 2.75) is 19.5 Å². The SMILES string of the molecule is COc1ccc(CN=C(NCCc2ccco2)NCc2ccco2)cc1.I. The lowest BCUT2D eigenvalue weighted by Crippen LogP contribution is -2.38. The molecule has 6 nitrogen and oxygen atoms in total. The summed E-state index contributed by atoms with van der Waals surface area (Å²) in [5.41, 5.74) is 1.11. The van der Waals surface area contributed by atoms with Crippen LogP contribution in [0.2, 0.25) is 0 Å². The van der Waals surface area contributed by atoms with Crippen molar-refractivity contribution in [3.05, 3.63) is 78.1 Å². The summed E-state index contributed by atoms with van der Waals surface area (Å²) in [6.07, 6.45) is 4.13. The third-order valence-corrected chi connectivity index (χ3v) is 3.83. The first-order valence-electron chi connectivity index (χ1n) is 8.53. The van der Waals surface area contributed by atoms with Crippen LogP contribution in [-0.2, 0) is 19.5 Å². The van der Waals surface area contributed by atoms with E-state index in [1.165, 1.54) is 0 Å². The molecule has 0 saturated heterocycles. The standard InChI is InChI=1S/C20H23N3O3.HI/c1-24-17-8-6-16(7-9-17)14-22-20(23-15-19-5-3-13-26-19)21-11-10-18-4-2-12-25-18;/h2-9,12-13H,10-11,14-15H2,1H3,(H2,21,22,23);1H. The summed E-state index contributed by atoms with van der Waals surface area (Å²) in [4.78, 5) is 4.65. The predicted molar refractivity (Wildman–Crippen MR) is 116 cm³/mol. The second kappa shape index (κ2) is 11.3. The fourth-order valence-electron chi connectivity index (χ4n) is 2.42. The van der Waals surface area contributed by atoms with Gasteiger partial charge in [0, 0.05) is 13.0 Å². The van der Waals surface area contributed by atoms with Crippen molar-refractivity contribution in [3.63, 3.8) is 0 Å². The molecule has 0 spiro atoms. The third kappa shape index (κ3) is 7.01. The van der Waals surface area contributed by atoms with Crippen molar-refractivity contribution >= 4 is 29.9 Å². The number of nitrogens with zero attached hydrogens (tertiary/aromatic N) is 1. The first kappa shape index (κ1) is 20.9. The summed E-state index contributed by atoms with van der Waals surface area (Å²) >= 11 is 0. The zero-order valence-corrected chi connectivity index (χ0v) is 17.5. The number of rotatable bonds is 8. The van der Waals surface area contributed by atoms with Gasteiger partial charge >= 0.3 is 0 Å². The van der Waals surface area contributed by atoms with Crippen LogP contribution in [0, 0.1) is 0 Å². The van der Waals surface area contributed by atoms with Crippen LogP contribution in [-0.4, -0.2) is 19.6 Å². The van der Waals surface area contributed by atoms with Gasteiger partial charge in [0.2, 0.25) is 0 Å². The highest BCUT2D eigenvalue weighted by atomic mass is 127. The number of benzene rings is 1. The summed E-state index contributed by atoms with van der Waals surface area (Å²) in [5.74, 6) is 3.36. The molecule has 3 aromatic rings. The minimum absolute atomic E-state index is 0. The molecule has 27 heavy (non-hydrogen) atoms. The minimum atomic E-state index is 0. The molecule has 0 aliphatic rings. The third-order valence-electron chi connectivity index (χ3n) is 3.83. The molecule has 0 saturated carbocycles. The highest BCUT2D eigenvalue weighted by molar-refractivity contribution is 14.0. The van der Waals surface area contributed by atoms with E-state index in [0.717, 1.165) is 41.8 Å². The maximum atomic E-state index is 5.36. The van der Waals surface area contributed by atoms with Crippen LogP contribution in [0.15, 0.2) is 74.9 Å². The zero-order chi connectivity index (χ0) is 18.0. The normalized spacial score (nSPS) is 10.9. The van der Waals surface area contributed by atoms with Crippen LogP contribution in [0.5, 0.6) is 5.75 Å². The van der Waals surface area contributed by atoms with Gasteiger partial charge < -0.3 is 24.2 Å². The maximum Gasteiger partial charge on any atom is 0.191 e. The molecule has 7 heteroatoms. The summed E-state index contributed by atoms with van der Waals surface area (Å²) < 4.78 is 15.9. The Kier molecular flexibility index (Phi) is 8.76. The number of nitrogens with one attached hydrogen (secondary N) is 2. The van der Waals surface area contributed by atoms with Gasteiger partial charge in [-0.15, -0.1) is 24.0 Å². The van der Waals surface area contributed by atoms with Crippen LogP contribution in [0.25, 0.3) is 0 Å². The molecule has 0 amide bonds.